The second-order valence-electron chi connectivity index (χ2n) is 5.39. The maximum atomic E-state index is 12.2. The van der Waals surface area contributed by atoms with E-state index >= 15 is 0 Å². The third-order valence-electron chi connectivity index (χ3n) is 3.72. The first kappa shape index (κ1) is 16.0. The van der Waals surface area contributed by atoms with Crippen molar-refractivity contribution in [1.82, 2.24) is 20.2 Å². The zero-order valence-corrected chi connectivity index (χ0v) is 14.1. The molecule has 0 saturated carbocycles. The lowest BCUT2D eigenvalue weighted by molar-refractivity contribution is 0.774. The second kappa shape index (κ2) is 6.72. The van der Waals surface area contributed by atoms with Crippen molar-refractivity contribution in [2.24, 2.45) is 0 Å². The number of hydrogen-bond donors (Lipinski definition) is 2. The summed E-state index contributed by atoms with van der Waals surface area (Å²) in [7, 11) is 0. The molecule has 0 amide bonds. The second-order valence-corrected chi connectivity index (χ2v) is 6.21. The Morgan fingerprint density at radius 3 is 2.61 bits per heavy atom. The van der Waals surface area contributed by atoms with Crippen LogP contribution in [0.15, 0.2) is 23.0 Å². The molecule has 0 unspecified atom stereocenters. The zero-order valence-electron chi connectivity index (χ0n) is 12.6. The van der Waals surface area contributed by atoms with Gasteiger partial charge in [-0.05, 0) is 30.5 Å². The van der Waals surface area contributed by atoms with E-state index in [1.54, 1.807) is 18.2 Å². The van der Waals surface area contributed by atoms with E-state index in [-0.39, 0.29) is 5.56 Å². The number of aromatic nitrogens is 4. The fourth-order valence-electron chi connectivity index (χ4n) is 2.48. The highest BCUT2D eigenvalue weighted by atomic mass is 35.5. The molecule has 2 heterocycles. The Morgan fingerprint density at radius 1 is 1.17 bits per heavy atom. The minimum absolute atomic E-state index is 0.257. The van der Waals surface area contributed by atoms with E-state index in [0.717, 1.165) is 30.5 Å². The topological polar surface area (TPSA) is 74.4 Å². The fraction of sp³-hybridized carbons (Fsp3) is 0.312. The van der Waals surface area contributed by atoms with Gasteiger partial charge in [0.1, 0.15) is 11.3 Å². The maximum absolute atomic E-state index is 12.2. The summed E-state index contributed by atoms with van der Waals surface area (Å²) in [5.41, 5.74) is 2.34. The Morgan fingerprint density at radius 2 is 1.91 bits per heavy atom. The monoisotopic (exact) mass is 350 g/mol. The number of halogens is 2. The van der Waals surface area contributed by atoms with Crippen molar-refractivity contribution < 1.29 is 0 Å². The molecule has 3 aromatic rings. The van der Waals surface area contributed by atoms with Gasteiger partial charge >= 0.3 is 0 Å². The van der Waals surface area contributed by atoms with Gasteiger partial charge in [-0.3, -0.25) is 9.89 Å². The first-order valence-corrected chi connectivity index (χ1v) is 8.24. The standard InChI is InChI=1S/C16H16Cl2N4O/c1-2-3-7-12-14-15(22-21-12)16(23)20-13(19-14)8-9-10(17)5-4-6-11(9)18/h4-6H,2-3,7-8H2,1H3,(H,21,22)(H,19,20,23). The number of unbranched alkanes of at least 4 members (excludes halogenated alkanes) is 1. The van der Waals surface area contributed by atoms with Gasteiger partial charge in [0.25, 0.3) is 5.56 Å². The lowest BCUT2D eigenvalue weighted by atomic mass is 10.1. The number of benzene rings is 1. The highest BCUT2D eigenvalue weighted by Crippen LogP contribution is 2.26. The lowest BCUT2D eigenvalue weighted by Gasteiger charge is -2.06. The highest BCUT2D eigenvalue weighted by molar-refractivity contribution is 6.36. The molecular weight excluding hydrogens is 335 g/mol. The normalized spacial score (nSPS) is 11.3. The SMILES string of the molecule is CCCCc1[nH]nc2c(=O)[nH]c(Cc3c(Cl)cccc3Cl)nc12. The van der Waals surface area contributed by atoms with Gasteiger partial charge in [0.05, 0.1) is 5.69 Å². The molecule has 0 radical (unpaired) electrons. The van der Waals surface area contributed by atoms with Crippen LogP contribution in [-0.2, 0) is 12.8 Å². The minimum atomic E-state index is -0.257. The summed E-state index contributed by atoms with van der Waals surface area (Å²) in [6.45, 7) is 2.11. The Hall–Kier alpha value is -1.85. The van der Waals surface area contributed by atoms with Gasteiger partial charge in [0.15, 0.2) is 5.52 Å². The van der Waals surface area contributed by atoms with Gasteiger partial charge in [-0.25, -0.2) is 4.98 Å². The molecule has 3 rings (SSSR count). The number of hydrogen-bond acceptors (Lipinski definition) is 3. The van der Waals surface area contributed by atoms with Crippen molar-refractivity contribution >= 4 is 34.2 Å². The van der Waals surface area contributed by atoms with Gasteiger partial charge in [-0.1, -0.05) is 42.6 Å². The van der Waals surface area contributed by atoms with Gasteiger partial charge in [-0.15, -0.1) is 0 Å². The summed E-state index contributed by atoms with van der Waals surface area (Å²) in [4.78, 5) is 19.5. The summed E-state index contributed by atoms with van der Waals surface area (Å²) in [6, 6.07) is 5.32. The first-order valence-electron chi connectivity index (χ1n) is 7.49. The summed E-state index contributed by atoms with van der Waals surface area (Å²) >= 11 is 12.4. The van der Waals surface area contributed by atoms with Crippen molar-refractivity contribution in [1.29, 1.82) is 0 Å². The largest absolute Gasteiger partial charge is 0.308 e. The van der Waals surface area contributed by atoms with Crippen molar-refractivity contribution in [2.45, 2.75) is 32.6 Å². The first-order chi connectivity index (χ1) is 11.1. The van der Waals surface area contributed by atoms with Crippen LogP contribution in [0.25, 0.3) is 11.0 Å². The predicted octanol–water partition coefficient (Wildman–Crippen LogP) is 3.89. The molecule has 7 heteroatoms. The van der Waals surface area contributed by atoms with Crippen molar-refractivity contribution in [2.75, 3.05) is 0 Å². The molecule has 5 nitrogen and oxygen atoms in total. The molecular formula is C16H16Cl2N4O. The summed E-state index contributed by atoms with van der Waals surface area (Å²) in [6.07, 6.45) is 3.25. The number of nitrogens with one attached hydrogen (secondary N) is 2. The van der Waals surface area contributed by atoms with Gasteiger partial charge < -0.3 is 4.98 Å². The Bertz CT molecular complexity index is 880. The minimum Gasteiger partial charge on any atom is -0.308 e. The predicted molar refractivity (Wildman–Crippen MR) is 92.4 cm³/mol. The fourth-order valence-corrected chi connectivity index (χ4v) is 3.02. The molecule has 0 spiro atoms. The third-order valence-corrected chi connectivity index (χ3v) is 4.43. The van der Waals surface area contributed by atoms with E-state index in [2.05, 4.69) is 27.1 Å². The molecule has 0 atom stereocenters. The van der Waals surface area contributed by atoms with E-state index in [9.17, 15) is 4.79 Å². The number of aromatic amines is 2. The Balaban J connectivity index is 2.03. The number of fused-ring (bicyclic) bond motifs is 1. The van der Waals surface area contributed by atoms with Crippen LogP contribution in [0.4, 0.5) is 0 Å². The molecule has 0 saturated heterocycles. The number of nitrogens with zero attached hydrogens (tertiary/aromatic N) is 2. The van der Waals surface area contributed by atoms with Crippen LogP contribution in [0.2, 0.25) is 10.0 Å². The number of H-pyrrole nitrogens is 2. The molecule has 120 valence electrons. The van der Waals surface area contributed by atoms with Crippen LogP contribution in [0.3, 0.4) is 0 Å². The Labute approximate surface area is 143 Å². The van der Waals surface area contributed by atoms with E-state index in [1.807, 2.05) is 0 Å². The Kier molecular flexibility index (Phi) is 4.68. The van der Waals surface area contributed by atoms with Crippen molar-refractivity contribution in [3.05, 3.63) is 55.7 Å². The van der Waals surface area contributed by atoms with Crippen LogP contribution in [0, 0.1) is 0 Å². The molecule has 2 aromatic heterocycles. The van der Waals surface area contributed by atoms with Crippen LogP contribution in [0.1, 0.15) is 36.8 Å². The quantitative estimate of drug-likeness (QED) is 0.732. The maximum Gasteiger partial charge on any atom is 0.279 e. The average Bonchev–Trinajstić information content (AvgIpc) is 2.92. The summed E-state index contributed by atoms with van der Waals surface area (Å²) in [5, 5.41) is 8.10. The zero-order chi connectivity index (χ0) is 16.4. The number of aryl methyl sites for hydroxylation is 1. The van der Waals surface area contributed by atoms with E-state index in [1.165, 1.54) is 0 Å². The molecule has 0 aliphatic heterocycles. The smallest absolute Gasteiger partial charge is 0.279 e. The van der Waals surface area contributed by atoms with Gasteiger partial charge in [0.2, 0.25) is 0 Å². The molecule has 0 aliphatic rings. The van der Waals surface area contributed by atoms with E-state index in [0.29, 0.717) is 33.3 Å². The van der Waals surface area contributed by atoms with Gasteiger partial charge in [0, 0.05) is 16.5 Å². The summed E-state index contributed by atoms with van der Waals surface area (Å²) in [5.74, 6) is 0.525. The molecule has 2 N–H and O–H groups in total. The van der Waals surface area contributed by atoms with Gasteiger partial charge in [-0.2, -0.15) is 5.10 Å². The van der Waals surface area contributed by atoms with Crippen LogP contribution >= 0.6 is 23.2 Å². The highest BCUT2D eigenvalue weighted by Gasteiger charge is 2.14. The molecule has 1 aromatic carbocycles. The number of rotatable bonds is 5. The van der Waals surface area contributed by atoms with Crippen LogP contribution in [-0.4, -0.2) is 20.2 Å². The van der Waals surface area contributed by atoms with Crippen LogP contribution < -0.4 is 5.56 Å². The van der Waals surface area contributed by atoms with Crippen molar-refractivity contribution in [3.8, 4) is 0 Å². The van der Waals surface area contributed by atoms with Crippen LogP contribution in [0.5, 0.6) is 0 Å². The van der Waals surface area contributed by atoms with E-state index < -0.39 is 0 Å². The molecule has 0 fully saturated rings. The lowest BCUT2D eigenvalue weighted by Crippen LogP contribution is -2.12. The summed E-state index contributed by atoms with van der Waals surface area (Å²) < 4.78 is 0. The molecule has 0 aliphatic carbocycles. The average molecular weight is 351 g/mol. The third kappa shape index (κ3) is 3.26. The van der Waals surface area contributed by atoms with E-state index in [4.69, 9.17) is 23.2 Å². The molecule has 0 bridgehead atoms. The van der Waals surface area contributed by atoms with Crippen molar-refractivity contribution in [3.63, 3.8) is 0 Å². The molecule has 23 heavy (non-hydrogen) atoms.